The number of carbonyl (C=O) groups is 1. The maximum absolute atomic E-state index is 13.3. The van der Waals surface area contributed by atoms with Crippen LogP contribution in [0.2, 0.25) is 5.02 Å². The molecule has 1 aliphatic rings. The topological polar surface area (TPSA) is 165 Å². The number of hydrogen-bond acceptors (Lipinski definition) is 10. The van der Waals surface area contributed by atoms with Crippen LogP contribution in [0.3, 0.4) is 0 Å². The minimum atomic E-state index is -4.12. The molecule has 4 aromatic heterocycles. The number of imidazole rings is 1. The molecule has 0 spiro atoms. The summed E-state index contributed by atoms with van der Waals surface area (Å²) in [7, 11) is -2.77. The summed E-state index contributed by atoms with van der Waals surface area (Å²) in [5.41, 5.74) is 1.69. The molecule has 5 heterocycles. The molecule has 4 aromatic rings. The molecule has 1 saturated heterocycles. The van der Waals surface area contributed by atoms with Gasteiger partial charge >= 0.3 is 0 Å². The fourth-order valence-electron chi connectivity index (χ4n) is 4.18. The number of nitrogens with zero attached hydrogens (tertiary/aromatic N) is 6. The van der Waals surface area contributed by atoms with Crippen molar-refractivity contribution < 1.29 is 18.3 Å². The standard InChI is InChI=1S/C22H21ClN8O4S/c1-24-21(33)16-7-15(32)22(36(16,34)35)31-11-28-17-19(27-10-14-4-2-3-5-26-14)29-18(30-20(17)31)12-6-13(23)9-25-8-12/h2-6,8-9,11,15-16,22,32H,7,10H2,1H3,(H,24,33)(H,27,29,30)/t15-,16+,22-/m1/s1. The fourth-order valence-corrected chi connectivity index (χ4v) is 6.60. The second kappa shape index (κ2) is 9.41. The summed E-state index contributed by atoms with van der Waals surface area (Å²) in [6.07, 6.45) is 4.36. The Morgan fingerprint density at radius 2 is 2.08 bits per heavy atom. The molecule has 186 valence electrons. The summed E-state index contributed by atoms with van der Waals surface area (Å²) in [5.74, 6) is -0.137. The number of sulfone groups is 1. The highest BCUT2D eigenvalue weighted by Crippen LogP contribution is 2.38. The first kappa shape index (κ1) is 24.0. The number of hydrogen-bond donors (Lipinski definition) is 3. The van der Waals surface area contributed by atoms with Gasteiger partial charge < -0.3 is 15.7 Å². The molecular formula is C22H21ClN8O4S. The van der Waals surface area contributed by atoms with Gasteiger partial charge in [0, 0.05) is 37.6 Å². The smallest absolute Gasteiger partial charge is 0.238 e. The van der Waals surface area contributed by atoms with E-state index in [1.54, 1.807) is 18.3 Å². The average Bonchev–Trinajstić information content (AvgIpc) is 3.39. The lowest BCUT2D eigenvalue weighted by atomic mass is 10.2. The van der Waals surface area contributed by atoms with Gasteiger partial charge in [0.05, 0.1) is 29.7 Å². The summed E-state index contributed by atoms with van der Waals surface area (Å²) in [5, 5.41) is 13.8. The molecule has 0 bridgehead atoms. The zero-order valence-electron chi connectivity index (χ0n) is 18.9. The van der Waals surface area contributed by atoms with E-state index in [0.717, 1.165) is 5.69 Å². The van der Waals surface area contributed by atoms with Crippen LogP contribution in [-0.2, 0) is 21.2 Å². The minimum Gasteiger partial charge on any atom is -0.390 e. The second-order valence-electron chi connectivity index (χ2n) is 8.17. The Balaban J connectivity index is 1.64. The van der Waals surface area contributed by atoms with Gasteiger partial charge in [-0.1, -0.05) is 17.7 Å². The highest BCUT2D eigenvalue weighted by molar-refractivity contribution is 7.93. The van der Waals surface area contributed by atoms with Crippen LogP contribution in [0.15, 0.2) is 49.2 Å². The van der Waals surface area contributed by atoms with Crippen molar-refractivity contribution in [3.05, 3.63) is 59.9 Å². The Hall–Kier alpha value is -3.68. The van der Waals surface area contributed by atoms with Crippen LogP contribution in [0.4, 0.5) is 5.82 Å². The van der Waals surface area contributed by atoms with E-state index >= 15 is 0 Å². The van der Waals surface area contributed by atoms with Crippen molar-refractivity contribution in [1.82, 2.24) is 34.8 Å². The Labute approximate surface area is 210 Å². The summed E-state index contributed by atoms with van der Waals surface area (Å²) >= 11 is 6.11. The Morgan fingerprint density at radius 1 is 1.25 bits per heavy atom. The highest BCUT2D eigenvalue weighted by Gasteiger charge is 2.52. The van der Waals surface area contributed by atoms with Crippen molar-refractivity contribution >= 4 is 44.3 Å². The van der Waals surface area contributed by atoms with Crippen molar-refractivity contribution in [1.29, 1.82) is 0 Å². The van der Waals surface area contributed by atoms with E-state index in [-0.39, 0.29) is 23.4 Å². The van der Waals surface area contributed by atoms with Gasteiger partial charge in [0.1, 0.15) is 5.25 Å². The number of anilines is 1. The first-order valence-corrected chi connectivity index (χ1v) is 12.9. The summed E-state index contributed by atoms with van der Waals surface area (Å²) in [4.78, 5) is 34.1. The van der Waals surface area contributed by atoms with Gasteiger partial charge in [-0.15, -0.1) is 0 Å². The fraction of sp³-hybridized carbons (Fsp3) is 0.273. The molecule has 12 nitrogen and oxygen atoms in total. The van der Waals surface area contributed by atoms with Gasteiger partial charge in [-0.25, -0.2) is 23.4 Å². The largest absolute Gasteiger partial charge is 0.390 e. The van der Waals surface area contributed by atoms with Crippen molar-refractivity contribution in [3.63, 3.8) is 0 Å². The molecule has 3 N–H and O–H groups in total. The Morgan fingerprint density at radius 3 is 2.81 bits per heavy atom. The maximum atomic E-state index is 13.3. The van der Waals surface area contributed by atoms with Gasteiger partial charge in [-0.05, 0) is 18.2 Å². The molecule has 0 radical (unpaired) electrons. The van der Waals surface area contributed by atoms with E-state index in [9.17, 15) is 18.3 Å². The predicted molar refractivity (Wildman–Crippen MR) is 132 cm³/mol. The molecule has 0 aliphatic carbocycles. The van der Waals surface area contributed by atoms with Crippen molar-refractivity contribution in [2.45, 2.75) is 29.7 Å². The lowest BCUT2D eigenvalue weighted by Gasteiger charge is -2.17. The van der Waals surface area contributed by atoms with Crippen LogP contribution in [0.5, 0.6) is 0 Å². The molecule has 1 aliphatic heterocycles. The molecule has 1 fully saturated rings. The lowest BCUT2D eigenvalue weighted by molar-refractivity contribution is -0.120. The highest BCUT2D eigenvalue weighted by atomic mass is 35.5. The lowest BCUT2D eigenvalue weighted by Crippen LogP contribution is -2.36. The van der Waals surface area contributed by atoms with E-state index in [1.165, 1.54) is 30.3 Å². The molecule has 0 aromatic carbocycles. The molecule has 3 atom stereocenters. The van der Waals surface area contributed by atoms with Crippen LogP contribution in [-0.4, -0.2) is 67.3 Å². The number of pyridine rings is 2. The van der Waals surface area contributed by atoms with Gasteiger partial charge in [0.25, 0.3) is 0 Å². The normalized spacial score (nSPS) is 20.9. The molecule has 36 heavy (non-hydrogen) atoms. The first-order valence-electron chi connectivity index (χ1n) is 10.9. The third kappa shape index (κ3) is 4.25. The Bertz CT molecular complexity index is 1550. The number of rotatable bonds is 6. The molecule has 0 saturated carbocycles. The number of halogens is 1. The average molecular weight is 529 g/mol. The first-order chi connectivity index (χ1) is 17.3. The van der Waals surface area contributed by atoms with Gasteiger partial charge in [-0.3, -0.25) is 19.3 Å². The minimum absolute atomic E-state index is 0.161. The number of carbonyl (C=O) groups excluding carboxylic acids is 1. The Kier molecular flexibility index (Phi) is 6.28. The molecular weight excluding hydrogens is 508 g/mol. The maximum Gasteiger partial charge on any atom is 0.238 e. The van der Waals surface area contributed by atoms with Crippen LogP contribution in [0.1, 0.15) is 17.5 Å². The monoisotopic (exact) mass is 528 g/mol. The zero-order chi connectivity index (χ0) is 25.4. The summed E-state index contributed by atoms with van der Waals surface area (Å²) in [6.45, 7) is 0.316. The SMILES string of the molecule is CNC(=O)[C@@H]1C[C@@H](O)[C@H](n2cnc3c(NCc4ccccn4)nc(-c4cncc(Cl)c4)nc32)S1(=O)=O. The van der Waals surface area contributed by atoms with E-state index in [4.69, 9.17) is 11.6 Å². The third-order valence-corrected chi connectivity index (χ3v) is 8.50. The number of aromatic nitrogens is 6. The number of amides is 1. The molecule has 5 rings (SSSR count). The van der Waals surface area contributed by atoms with E-state index in [2.05, 4.69) is 35.6 Å². The summed E-state index contributed by atoms with van der Waals surface area (Å²) < 4.78 is 27.8. The van der Waals surface area contributed by atoms with Crippen LogP contribution >= 0.6 is 11.6 Å². The quantitative estimate of drug-likeness (QED) is 0.332. The number of aliphatic hydroxyl groups excluding tert-OH is 1. The second-order valence-corrected chi connectivity index (χ2v) is 10.8. The van der Waals surface area contributed by atoms with Crippen molar-refractivity contribution in [2.24, 2.45) is 0 Å². The van der Waals surface area contributed by atoms with Crippen molar-refractivity contribution in [2.75, 3.05) is 12.4 Å². The van der Waals surface area contributed by atoms with Gasteiger partial charge in [-0.2, -0.15) is 0 Å². The van der Waals surface area contributed by atoms with Crippen LogP contribution < -0.4 is 10.6 Å². The van der Waals surface area contributed by atoms with E-state index in [0.29, 0.717) is 22.9 Å². The van der Waals surface area contributed by atoms with Gasteiger partial charge in [0.15, 0.2) is 38.0 Å². The molecule has 0 unspecified atom stereocenters. The van der Waals surface area contributed by atoms with Gasteiger partial charge in [0.2, 0.25) is 5.91 Å². The molecule has 14 heteroatoms. The van der Waals surface area contributed by atoms with E-state index < -0.39 is 32.5 Å². The number of nitrogens with one attached hydrogen (secondary N) is 2. The molecule has 1 amide bonds. The van der Waals surface area contributed by atoms with E-state index in [1.807, 2.05) is 12.1 Å². The zero-order valence-corrected chi connectivity index (χ0v) is 20.5. The number of fused-ring (bicyclic) bond motifs is 1. The van der Waals surface area contributed by atoms with Crippen molar-refractivity contribution in [3.8, 4) is 11.4 Å². The summed E-state index contributed by atoms with van der Waals surface area (Å²) in [6, 6.07) is 7.12. The third-order valence-electron chi connectivity index (χ3n) is 5.88. The van der Waals surface area contributed by atoms with Crippen LogP contribution in [0.25, 0.3) is 22.6 Å². The van der Waals surface area contributed by atoms with Crippen LogP contribution in [0, 0.1) is 0 Å². The number of aliphatic hydroxyl groups is 1. The predicted octanol–water partition coefficient (Wildman–Crippen LogP) is 1.34.